The maximum atomic E-state index is 11.6. The molecule has 142 valence electrons. The van der Waals surface area contributed by atoms with Gasteiger partial charge in [-0.15, -0.1) is 24.0 Å². The number of hydrogen-bond acceptors (Lipinski definition) is 5. The molecule has 0 amide bonds. The fraction of sp³-hybridized carbons (Fsp3) is 0.933. The van der Waals surface area contributed by atoms with Crippen molar-refractivity contribution >= 4 is 39.8 Å². The zero-order valence-corrected chi connectivity index (χ0v) is 18.0. The molecule has 0 spiro atoms. The Labute approximate surface area is 162 Å². The summed E-state index contributed by atoms with van der Waals surface area (Å²) in [6.07, 6.45) is 0.656. The molecule has 0 aromatic carbocycles. The quantitative estimate of drug-likeness (QED) is 0.342. The van der Waals surface area contributed by atoms with Crippen molar-refractivity contribution in [3.8, 4) is 0 Å². The Bertz CT molecular complexity index is 515. The van der Waals surface area contributed by atoms with Gasteiger partial charge < -0.3 is 15.4 Å². The molecule has 3 unspecified atom stereocenters. The average molecular weight is 474 g/mol. The average Bonchev–Trinajstić information content (AvgIpc) is 2.84. The summed E-state index contributed by atoms with van der Waals surface area (Å²) in [5.74, 6) is 1.18. The second-order valence-corrected chi connectivity index (χ2v) is 8.70. The molecular weight excluding hydrogens is 443 g/mol. The van der Waals surface area contributed by atoms with Gasteiger partial charge in [0.1, 0.15) is 0 Å². The predicted molar refractivity (Wildman–Crippen MR) is 108 cm³/mol. The largest absolute Gasteiger partial charge is 0.379 e. The molecule has 2 aliphatic rings. The molecule has 24 heavy (non-hydrogen) atoms. The summed E-state index contributed by atoms with van der Waals surface area (Å²) in [4.78, 5) is 7.06. The summed E-state index contributed by atoms with van der Waals surface area (Å²) in [6.45, 7) is 10.3. The molecule has 2 saturated heterocycles. The molecule has 2 N–H and O–H groups in total. The van der Waals surface area contributed by atoms with Crippen LogP contribution >= 0.6 is 24.0 Å². The van der Waals surface area contributed by atoms with Gasteiger partial charge in [-0.05, 0) is 27.2 Å². The number of hydrogen-bond donors (Lipinski definition) is 2. The molecule has 0 saturated carbocycles. The van der Waals surface area contributed by atoms with E-state index >= 15 is 0 Å². The molecule has 0 aliphatic carbocycles. The van der Waals surface area contributed by atoms with Crippen LogP contribution in [0.1, 0.15) is 27.2 Å². The van der Waals surface area contributed by atoms with E-state index in [-0.39, 0.29) is 41.5 Å². The van der Waals surface area contributed by atoms with E-state index in [0.29, 0.717) is 31.0 Å². The SMILES string of the molecule is CCNC(=NCC(C)N1CCOCC1C)NC1CCS(=O)(=O)C1.I. The number of aliphatic imine (C=N–C) groups is 1. The maximum Gasteiger partial charge on any atom is 0.191 e. The van der Waals surface area contributed by atoms with Crippen LogP contribution in [0, 0.1) is 0 Å². The van der Waals surface area contributed by atoms with Gasteiger partial charge in [0.25, 0.3) is 0 Å². The highest BCUT2D eigenvalue weighted by molar-refractivity contribution is 14.0. The minimum Gasteiger partial charge on any atom is -0.379 e. The lowest BCUT2D eigenvalue weighted by molar-refractivity contribution is -0.0165. The Morgan fingerprint density at radius 3 is 2.79 bits per heavy atom. The number of rotatable bonds is 5. The van der Waals surface area contributed by atoms with E-state index in [2.05, 4.69) is 34.4 Å². The minimum atomic E-state index is -2.88. The highest BCUT2D eigenvalue weighted by Gasteiger charge is 2.28. The van der Waals surface area contributed by atoms with Crippen molar-refractivity contribution in [3.63, 3.8) is 0 Å². The summed E-state index contributed by atoms with van der Waals surface area (Å²) < 4.78 is 28.6. The van der Waals surface area contributed by atoms with Gasteiger partial charge in [-0.2, -0.15) is 0 Å². The molecule has 0 radical (unpaired) electrons. The first-order chi connectivity index (χ1) is 10.9. The molecule has 7 nitrogen and oxygen atoms in total. The minimum absolute atomic E-state index is 0. The first-order valence-electron chi connectivity index (χ1n) is 8.50. The van der Waals surface area contributed by atoms with Crippen molar-refractivity contribution in [1.29, 1.82) is 0 Å². The van der Waals surface area contributed by atoms with Crippen LogP contribution in [0.3, 0.4) is 0 Å². The normalized spacial score (nSPS) is 28.9. The monoisotopic (exact) mass is 474 g/mol. The molecule has 2 aliphatic heterocycles. The van der Waals surface area contributed by atoms with Crippen LogP contribution in [-0.4, -0.2) is 81.8 Å². The van der Waals surface area contributed by atoms with Gasteiger partial charge in [0.15, 0.2) is 15.8 Å². The molecule has 3 atom stereocenters. The molecule has 0 bridgehead atoms. The Morgan fingerprint density at radius 1 is 1.46 bits per heavy atom. The van der Waals surface area contributed by atoms with E-state index in [4.69, 9.17) is 4.74 Å². The number of nitrogens with one attached hydrogen (secondary N) is 2. The molecule has 0 aromatic heterocycles. The third-order valence-electron chi connectivity index (χ3n) is 4.42. The Balaban J connectivity index is 0.00000288. The second kappa shape index (κ2) is 10.1. The molecule has 2 fully saturated rings. The number of sulfone groups is 1. The molecule has 0 aromatic rings. The zero-order chi connectivity index (χ0) is 16.9. The molecule has 2 rings (SSSR count). The fourth-order valence-electron chi connectivity index (χ4n) is 3.15. The number of nitrogens with zero attached hydrogens (tertiary/aromatic N) is 2. The lowest BCUT2D eigenvalue weighted by Crippen LogP contribution is -2.50. The van der Waals surface area contributed by atoms with E-state index in [1.54, 1.807) is 0 Å². The lowest BCUT2D eigenvalue weighted by Gasteiger charge is -2.37. The van der Waals surface area contributed by atoms with Gasteiger partial charge in [-0.3, -0.25) is 9.89 Å². The van der Waals surface area contributed by atoms with Gasteiger partial charge in [0.05, 0.1) is 31.3 Å². The molecule has 2 heterocycles. The fourth-order valence-corrected chi connectivity index (χ4v) is 4.82. The van der Waals surface area contributed by atoms with E-state index in [1.165, 1.54) is 0 Å². The van der Waals surface area contributed by atoms with Crippen LogP contribution in [0.5, 0.6) is 0 Å². The van der Waals surface area contributed by atoms with Crippen molar-refractivity contribution in [2.75, 3.05) is 44.4 Å². The summed E-state index contributed by atoms with van der Waals surface area (Å²) in [6, 6.07) is 0.705. The van der Waals surface area contributed by atoms with Gasteiger partial charge in [-0.25, -0.2) is 8.42 Å². The summed E-state index contributed by atoms with van der Waals surface area (Å²) in [7, 11) is -2.88. The first kappa shape index (κ1) is 21.9. The Hall–Kier alpha value is -0.130. The summed E-state index contributed by atoms with van der Waals surface area (Å²) >= 11 is 0. The van der Waals surface area contributed by atoms with Crippen LogP contribution in [0.2, 0.25) is 0 Å². The summed E-state index contributed by atoms with van der Waals surface area (Å²) in [5.41, 5.74) is 0. The highest BCUT2D eigenvalue weighted by atomic mass is 127. The predicted octanol–water partition coefficient (Wildman–Crippen LogP) is 0.456. The van der Waals surface area contributed by atoms with Crippen LogP contribution < -0.4 is 10.6 Å². The van der Waals surface area contributed by atoms with Crippen LogP contribution in [0.15, 0.2) is 4.99 Å². The van der Waals surface area contributed by atoms with Crippen molar-refractivity contribution in [2.24, 2.45) is 4.99 Å². The van der Waals surface area contributed by atoms with E-state index in [9.17, 15) is 8.42 Å². The van der Waals surface area contributed by atoms with Gasteiger partial charge in [-0.1, -0.05) is 0 Å². The van der Waals surface area contributed by atoms with Gasteiger partial charge >= 0.3 is 0 Å². The van der Waals surface area contributed by atoms with Gasteiger partial charge in [0.2, 0.25) is 0 Å². The number of guanidine groups is 1. The third kappa shape index (κ3) is 6.64. The van der Waals surface area contributed by atoms with Crippen molar-refractivity contribution in [3.05, 3.63) is 0 Å². The standard InChI is InChI=1S/C15H30N4O3S.HI/c1-4-16-15(18-14-5-8-23(20,21)11-14)17-9-12(2)19-6-7-22-10-13(19)3;/h12-14H,4-11H2,1-3H3,(H2,16,17,18);1H. The van der Waals surface area contributed by atoms with Crippen LogP contribution in [0.4, 0.5) is 0 Å². The van der Waals surface area contributed by atoms with Crippen molar-refractivity contribution in [2.45, 2.75) is 45.3 Å². The molecular formula is C15H31IN4O3S. The topological polar surface area (TPSA) is 83.0 Å². The van der Waals surface area contributed by atoms with Crippen LogP contribution in [-0.2, 0) is 14.6 Å². The second-order valence-electron chi connectivity index (χ2n) is 6.47. The third-order valence-corrected chi connectivity index (χ3v) is 6.18. The number of morpholine rings is 1. The molecule has 9 heteroatoms. The van der Waals surface area contributed by atoms with E-state index in [1.807, 2.05) is 6.92 Å². The number of halogens is 1. The summed E-state index contributed by atoms with van der Waals surface area (Å²) in [5, 5.41) is 6.47. The van der Waals surface area contributed by atoms with Crippen molar-refractivity contribution in [1.82, 2.24) is 15.5 Å². The lowest BCUT2D eigenvalue weighted by atomic mass is 10.2. The Kier molecular flexibility index (Phi) is 9.24. The maximum absolute atomic E-state index is 11.6. The van der Waals surface area contributed by atoms with E-state index in [0.717, 1.165) is 26.3 Å². The highest BCUT2D eigenvalue weighted by Crippen LogP contribution is 2.12. The zero-order valence-electron chi connectivity index (χ0n) is 14.8. The Morgan fingerprint density at radius 2 is 2.21 bits per heavy atom. The van der Waals surface area contributed by atoms with Crippen LogP contribution in [0.25, 0.3) is 0 Å². The smallest absolute Gasteiger partial charge is 0.191 e. The van der Waals surface area contributed by atoms with Crippen molar-refractivity contribution < 1.29 is 13.2 Å². The number of ether oxygens (including phenoxy) is 1. The first-order valence-corrected chi connectivity index (χ1v) is 10.3. The van der Waals surface area contributed by atoms with Gasteiger partial charge in [0, 0.05) is 31.2 Å². The van der Waals surface area contributed by atoms with E-state index < -0.39 is 9.84 Å².